The van der Waals surface area contributed by atoms with Crippen LogP contribution in [0.1, 0.15) is 37.2 Å². The van der Waals surface area contributed by atoms with Gasteiger partial charge in [0.1, 0.15) is 5.82 Å². The summed E-state index contributed by atoms with van der Waals surface area (Å²) >= 11 is 0. The third-order valence-corrected chi connectivity index (χ3v) is 2.69. The van der Waals surface area contributed by atoms with Gasteiger partial charge >= 0.3 is 5.97 Å². The lowest BCUT2D eigenvalue weighted by Gasteiger charge is -2.26. The summed E-state index contributed by atoms with van der Waals surface area (Å²) in [6.07, 6.45) is 4.83. The van der Waals surface area contributed by atoms with Gasteiger partial charge in [-0.1, -0.05) is 13.8 Å². The molecular weight excluding hydrogens is 206 g/mol. The summed E-state index contributed by atoms with van der Waals surface area (Å²) < 4.78 is 0. The van der Waals surface area contributed by atoms with Crippen molar-refractivity contribution in [1.82, 2.24) is 9.97 Å². The van der Waals surface area contributed by atoms with E-state index in [4.69, 9.17) is 5.11 Å². The van der Waals surface area contributed by atoms with Crippen molar-refractivity contribution in [3.8, 4) is 0 Å². The molecule has 0 saturated heterocycles. The van der Waals surface area contributed by atoms with E-state index in [2.05, 4.69) is 23.8 Å². The van der Waals surface area contributed by atoms with Gasteiger partial charge in [0.05, 0.1) is 12.4 Å². The van der Waals surface area contributed by atoms with Gasteiger partial charge in [0.15, 0.2) is 5.69 Å². The van der Waals surface area contributed by atoms with Crippen molar-refractivity contribution in [1.29, 1.82) is 0 Å². The van der Waals surface area contributed by atoms with E-state index in [9.17, 15) is 4.79 Å². The monoisotopic (exact) mass is 223 g/mol. The zero-order chi connectivity index (χ0) is 12.1. The van der Waals surface area contributed by atoms with Crippen molar-refractivity contribution >= 4 is 11.8 Å². The molecule has 0 amide bonds. The zero-order valence-electron chi connectivity index (χ0n) is 9.84. The van der Waals surface area contributed by atoms with E-state index in [0.29, 0.717) is 11.9 Å². The Bertz CT molecular complexity index is 364. The van der Waals surface area contributed by atoms with E-state index in [1.165, 1.54) is 6.20 Å². The fraction of sp³-hybridized carbons (Fsp3) is 0.545. The van der Waals surface area contributed by atoms with Crippen LogP contribution in [-0.4, -0.2) is 34.1 Å². The maximum atomic E-state index is 10.8. The molecule has 16 heavy (non-hydrogen) atoms. The Kier molecular flexibility index (Phi) is 4.22. The number of hydrogen-bond acceptors (Lipinski definition) is 4. The standard InChI is InChI=1S/C11H17N3O2/c1-4-8(5-2)14(3)10-7-12-6-9(13-10)11(15)16/h6-8H,4-5H2,1-3H3,(H,15,16). The molecule has 0 radical (unpaired) electrons. The Morgan fingerprint density at radius 3 is 2.56 bits per heavy atom. The summed E-state index contributed by atoms with van der Waals surface area (Å²) in [7, 11) is 1.91. The van der Waals surface area contributed by atoms with Crippen LogP contribution in [0.2, 0.25) is 0 Å². The predicted octanol–water partition coefficient (Wildman–Crippen LogP) is 1.80. The third-order valence-electron chi connectivity index (χ3n) is 2.69. The van der Waals surface area contributed by atoms with Crippen molar-refractivity contribution in [2.45, 2.75) is 32.7 Å². The second kappa shape index (κ2) is 5.44. The molecule has 0 aliphatic rings. The largest absolute Gasteiger partial charge is 0.476 e. The topological polar surface area (TPSA) is 66.3 Å². The van der Waals surface area contributed by atoms with Crippen molar-refractivity contribution in [2.75, 3.05) is 11.9 Å². The molecule has 0 aliphatic carbocycles. The Hall–Kier alpha value is -1.65. The lowest BCUT2D eigenvalue weighted by atomic mass is 10.1. The van der Waals surface area contributed by atoms with Gasteiger partial charge in [0, 0.05) is 13.1 Å². The molecule has 0 bridgehead atoms. The van der Waals surface area contributed by atoms with Crippen LogP contribution in [-0.2, 0) is 0 Å². The molecule has 1 aromatic heterocycles. The van der Waals surface area contributed by atoms with Crippen molar-refractivity contribution in [3.05, 3.63) is 18.1 Å². The number of anilines is 1. The molecule has 5 heteroatoms. The highest BCUT2D eigenvalue weighted by Gasteiger charge is 2.14. The first-order valence-electron chi connectivity index (χ1n) is 5.38. The maximum absolute atomic E-state index is 10.8. The summed E-state index contributed by atoms with van der Waals surface area (Å²) in [5, 5.41) is 8.82. The fourth-order valence-electron chi connectivity index (χ4n) is 1.65. The molecule has 0 saturated carbocycles. The summed E-state index contributed by atoms with van der Waals surface area (Å²) in [6, 6.07) is 0.360. The summed E-state index contributed by atoms with van der Waals surface area (Å²) in [6.45, 7) is 4.19. The first kappa shape index (κ1) is 12.4. The van der Waals surface area contributed by atoms with Crippen LogP contribution in [0.4, 0.5) is 5.82 Å². The van der Waals surface area contributed by atoms with E-state index >= 15 is 0 Å². The van der Waals surface area contributed by atoms with Crippen molar-refractivity contribution < 1.29 is 9.90 Å². The molecule has 0 aliphatic heterocycles. The summed E-state index contributed by atoms with van der Waals surface area (Å²) in [5.74, 6) is -0.444. The van der Waals surface area contributed by atoms with Gasteiger partial charge in [-0.05, 0) is 12.8 Å². The van der Waals surface area contributed by atoms with E-state index in [0.717, 1.165) is 12.8 Å². The van der Waals surface area contributed by atoms with Crippen LogP contribution in [0.3, 0.4) is 0 Å². The molecule has 0 atom stereocenters. The third kappa shape index (κ3) is 2.68. The number of hydrogen-bond donors (Lipinski definition) is 1. The molecule has 0 spiro atoms. The molecule has 1 N–H and O–H groups in total. The lowest BCUT2D eigenvalue weighted by Crippen LogP contribution is -2.31. The van der Waals surface area contributed by atoms with Crippen LogP contribution in [0.15, 0.2) is 12.4 Å². The fourth-order valence-corrected chi connectivity index (χ4v) is 1.65. The minimum Gasteiger partial charge on any atom is -0.476 e. The van der Waals surface area contributed by atoms with Gasteiger partial charge in [-0.25, -0.2) is 9.78 Å². The Labute approximate surface area is 95.1 Å². The predicted molar refractivity (Wildman–Crippen MR) is 61.8 cm³/mol. The number of carboxylic acid groups (broad SMARTS) is 1. The minimum atomic E-state index is -1.05. The maximum Gasteiger partial charge on any atom is 0.356 e. The first-order valence-corrected chi connectivity index (χ1v) is 5.38. The van der Waals surface area contributed by atoms with Gasteiger partial charge < -0.3 is 10.0 Å². The Morgan fingerprint density at radius 2 is 2.06 bits per heavy atom. The molecule has 1 aromatic rings. The van der Waals surface area contributed by atoms with Gasteiger partial charge in [-0.3, -0.25) is 4.98 Å². The van der Waals surface area contributed by atoms with Crippen LogP contribution in [0.25, 0.3) is 0 Å². The Morgan fingerprint density at radius 1 is 1.44 bits per heavy atom. The molecule has 5 nitrogen and oxygen atoms in total. The van der Waals surface area contributed by atoms with E-state index in [1.807, 2.05) is 11.9 Å². The van der Waals surface area contributed by atoms with Crippen LogP contribution in [0, 0.1) is 0 Å². The molecule has 88 valence electrons. The highest BCUT2D eigenvalue weighted by Crippen LogP contribution is 2.15. The molecular formula is C11H17N3O2. The van der Waals surface area contributed by atoms with Crippen molar-refractivity contribution in [3.63, 3.8) is 0 Å². The number of carbonyl (C=O) groups is 1. The van der Waals surface area contributed by atoms with Gasteiger partial charge in [0.2, 0.25) is 0 Å². The molecule has 0 fully saturated rings. The van der Waals surface area contributed by atoms with Gasteiger partial charge in [-0.15, -0.1) is 0 Å². The molecule has 1 rings (SSSR count). The highest BCUT2D eigenvalue weighted by molar-refractivity contribution is 5.85. The SMILES string of the molecule is CCC(CC)N(C)c1cncc(C(=O)O)n1. The first-order chi connectivity index (χ1) is 7.60. The number of aromatic nitrogens is 2. The van der Waals surface area contributed by atoms with E-state index in [-0.39, 0.29) is 5.69 Å². The smallest absolute Gasteiger partial charge is 0.356 e. The lowest BCUT2D eigenvalue weighted by molar-refractivity contribution is 0.0690. The Balaban J connectivity index is 2.94. The molecule has 1 heterocycles. The van der Waals surface area contributed by atoms with Crippen LogP contribution >= 0.6 is 0 Å². The van der Waals surface area contributed by atoms with Crippen LogP contribution in [0.5, 0.6) is 0 Å². The number of carboxylic acids is 1. The molecule has 0 unspecified atom stereocenters. The second-order valence-electron chi connectivity index (χ2n) is 3.65. The van der Waals surface area contributed by atoms with Gasteiger partial charge in [0.25, 0.3) is 0 Å². The summed E-state index contributed by atoms with van der Waals surface area (Å²) in [4.78, 5) is 20.7. The minimum absolute atomic E-state index is 0.0182. The zero-order valence-corrected chi connectivity index (χ0v) is 9.84. The number of aromatic carboxylic acids is 1. The van der Waals surface area contributed by atoms with E-state index < -0.39 is 5.97 Å². The highest BCUT2D eigenvalue weighted by atomic mass is 16.4. The quantitative estimate of drug-likeness (QED) is 0.824. The average molecular weight is 223 g/mol. The van der Waals surface area contributed by atoms with E-state index in [1.54, 1.807) is 6.20 Å². The summed E-state index contributed by atoms with van der Waals surface area (Å²) in [5.41, 5.74) is -0.0182. The van der Waals surface area contributed by atoms with Gasteiger partial charge in [-0.2, -0.15) is 0 Å². The molecule has 0 aromatic carbocycles. The normalized spacial score (nSPS) is 10.5. The number of nitrogens with zero attached hydrogens (tertiary/aromatic N) is 3. The van der Waals surface area contributed by atoms with Crippen LogP contribution < -0.4 is 4.90 Å². The number of rotatable bonds is 5. The van der Waals surface area contributed by atoms with Crippen molar-refractivity contribution in [2.24, 2.45) is 0 Å². The second-order valence-corrected chi connectivity index (χ2v) is 3.65. The average Bonchev–Trinajstić information content (AvgIpc) is 2.30.